The third kappa shape index (κ3) is 3.62. The number of nitrogens with one attached hydrogen (secondary N) is 1. The lowest BCUT2D eigenvalue weighted by Gasteiger charge is -2.37. The van der Waals surface area contributed by atoms with Gasteiger partial charge in [0.25, 0.3) is 0 Å². The summed E-state index contributed by atoms with van der Waals surface area (Å²) in [5.74, 6) is 3.30. The average molecular weight is 244 g/mol. The van der Waals surface area contributed by atoms with Crippen LogP contribution in [0.15, 0.2) is 0 Å². The van der Waals surface area contributed by atoms with Crippen LogP contribution in [0.25, 0.3) is 0 Å². The Balaban J connectivity index is 1.80. The van der Waals surface area contributed by atoms with Gasteiger partial charge in [-0.15, -0.1) is 0 Å². The van der Waals surface area contributed by atoms with Crippen molar-refractivity contribution in [3.05, 3.63) is 0 Å². The summed E-state index contributed by atoms with van der Waals surface area (Å²) >= 11 is 2.08. The van der Waals surface area contributed by atoms with Gasteiger partial charge in [-0.3, -0.25) is 0 Å². The number of hydrogen-bond donors (Lipinski definition) is 1. The maximum absolute atomic E-state index is 5.63. The molecule has 0 spiro atoms. The van der Waals surface area contributed by atoms with Gasteiger partial charge in [-0.1, -0.05) is 6.92 Å². The first kappa shape index (κ1) is 12.7. The van der Waals surface area contributed by atoms with E-state index < -0.39 is 0 Å². The average Bonchev–Trinajstić information content (AvgIpc) is 2.33. The molecule has 1 N–H and O–H groups in total. The van der Waals surface area contributed by atoms with Crippen molar-refractivity contribution >= 4 is 11.8 Å². The lowest BCUT2D eigenvalue weighted by molar-refractivity contribution is 0.0182. The van der Waals surface area contributed by atoms with E-state index in [4.69, 9.17) is 4.74 Å². The van der Waals surface area contributed by atoms with Gasteiger partial charge in [-0.2, -0.15) is 11.8 Å². The number of nitrogens with zero attached hydrogens (tertiary/aromatic N) is 1. The van der Waals surface area contributed by atoms with Crippen molar-refractivity contribution in [2.24, 2.45) is 5.92 Å². The fourth-order valence-electron chi connectivity index (χ4n) is 2.62. The third-order valence-corrected chi connectivity index (χ3v) is 4.48. The first-order valence-electron chi connectivity index (χ1n) is 6.51. The van der Waals surface area contributed by atoms with Crippen LogP contribution in [0, 0.1) is 5.92 Å². The summed E-state index contributed by atoms with van der Waals surface area (Å²) in [4.78, 5) is 2.61. The monoisotopic (exact) mass is 244 g/mol. The second kappa shape index (κ2) is 6.84. The molecular weight excluding hydrogens is 220 g/mol. The highest BCUT2D eigenvalue weighted by molar-refractivity contribution is 7.99. The van der Waals surface area contributed by atoms with Gasteiger partial charge in [-0.05, 0) is 13.0 Å². The van der Waals surface area contributed by atoms with Gasteiger partial charge in [0.05, 0.1) is 6.61 Å². The van der Waals surface area contributed by atoms with E-state index in [2.05, 4.69) is 28.9 Å². The van der Waals surface area contributed by atoms with Gasteiger partial charge in [0, 0.05) is 49.7 Å². The molecule has 16 heavy (non-hydrogen) atoms. The van der Waals surface area contributed by atoms with E-state index in [0.29, 0.717) is 12.0 Å². The molecule has 2 aliphatic heterocycles. The minimum absolute atomic E-state index is 0.674. The highest BCUT2D eigenvalue weighted by atomic mass is 32.2. The summed E-state index contributed by atoms with van der Waals surface area (Å²) in [6.07, 6.45) is 1.18. The van der Waals surface area contributed by atoms with Gasteiger partial charge >= 0.3 is 0 Å². The van der Waals surface area contributed by atoms with Crippen LogP contribution in [-0.2, 0) is 4.74 Å². The fraction of sp³-hybridized carbons (Fsp3) is 1.00. The number of rotatable bonds is 4. The van der Waals surface area contributed by atoms with E-state index >= 15 is 0 Å². The van der Waals surface area contributed by atoms with Crippen LogP contribution >= 0.6 is 11.8 Å². The minimum Gasteiger partial charge on any atom is -0.381 e. The zero-order valence-corrected chi connectivity index (χ0v) is 11.1. The van der Waals surface area contributed by atoms with Crippen molar-refractivity contribution in [2.45, 2.75) is 19.4 Å². The number of thioether (sulfide) groups is 1. The molecule has 4 heteroatoms. The Labute approximate surface area is 103 Å². The summed E-state index contributed by atoms with van der Waals surface area (Å²) in [6.45, 7) is 8.91. The van der Waals surface area contributed by atoms with Crippen molar-refractivity contribution in [2.75, 3.05) is 50.9 Å². The lowest BCUT2D eigenvalue weighted by Crippen LogP contribution is -2.49. The number of hydrogen-bond acceptors (Lipinski definition) is 4. The van der Waals surface area contributed by atoms with Crippen LogP contribution in [0.2, 0.25) is 0 Å². The summed E-state index contributed by atoms with van der Waals surface area (Å²) in [6, 6.07) is 0.674. The maximum Gasteiger partial charge on any atom is 0.0521 e. The molecule has 2 unspecified atom stereocenters. The predicted molar refractivity (Wildman–Crippen MR) is 70.2 cm³/mol. The highest BCUT2D eigenvalue weighted by Gasteiger charge is 2.27. The zero-order chi connectivity index (χ0) is 11.2. The van der Waals surface area contributed by atoms with E-state index in [9.17, 15) is 0 Å². The molecule has 2 saturated heterocycles. The summed E-state index contributed by atoms with van der Waals surface area (Å²) in [5, 5.41) is 3.61. The predicted octanol–water partition coefficient (Wildman–Crippen LogP) is 1.05. The maximum atomic E-state index is 5.63. The molecule has 2 heterocycles. The molecule has 0 saturated carbocycles. The Hall–Kier alpha value is 0.230. The van der Waals surface area contributed by atoms with Gasteiger partial charge in [0.1, 0.15) is 0 Å². The first-order valence-corrected chi connectivity index (χ1v) is 7.67. The minimum atomic E-state index is 0.674. The molecule has 3 nitrogen and oxygen atoms in total. The molecule has 2 atom stereocenters. The SMILES string of the molecule is CCNC1CCOCC1CN1CCSCC1. The largest absolute Gasteiger partial charge is 0.381 e. The zero-order valence-electron chi connectivity index (χ0n) is 10.3. The van der Waals surface area contributed by atoms with E-state index in [-0.39, 0.29) is 0 Å². The van der Waals surface area contributed by atoms with E-state index in [1.807, 2.05) is 0 Å². The molecule has 0 radical (unpaired) electrons. The van der Waals surface area contributed by atoms with Crippen molar-refractivity contribution < 1.29 is 4.74 Å². The second-order valence-corrected chi connectivity index (χ2v) is 5.93. The van der Waals surface area contributed by atoms with E-state index in [0.717, 1.165) is 19.8 Å². The summed E-state index contributed by atoms with van der Waals surface area (Å²) < 4.78 is 5.63. The standard InChI is InChI=1S/C12H24N2OS/c1-2-13-12-3-6-15-10-11(12)9-14-4-7-16-8-5-14/h11-13H,2-10H2,1H3. The van der Waals surface area contributed by atoms with Crippen molar-refractivity contribution in [3.63, 3.8) is 0 Å². The molecule has 2 aliphatic rings. The molecule has 0 aromatic rings. The molecular formula is C12H24N2OS. The van der Waals surface area contributed by atoms with E-state index in [1.54, 1.807) is 0 Å². The van der Waals surface area contributed by atoms with Gasteiger partial charge in [0.2, 0.25) is 0 Å². The quantitative estimate of drug-likeness (QED) is 0.799. The van der Waals surface area contributed by atoms with Crippen LogP contribution in [0.3, 0.4) is 0 Å². The summed E-state index contributed by atoms with van der Waals surface area (Å²) in [5.41, 5.74) is 0. The van der Waals surface area contributed by atoms with Gasteiger partial charge in [0.15, 0.2) is 0 Å². The van der Waals surface area contributed by atoms with Crippen LogP contribution in [-0.4, -0.2) is 61.8 Å². The first-order chi connectivity index (χ1) is 7.90. The van der Waals surface area contributed by atoms with Crippen molar-refractivity contribution in [3.8, 4) is 0 Å². The number of ether oxygens (including phenoxy) is 1. The van der Waals surface area contributed by atoms with Crippen LogP contribution in [0.1, 0.15) is 13.3 Å². The molecule has 0 aromatic heterocycles. The Kier molecular flexibility index (Phi) is 5.42. The Bertz CT molecular complexity index is 195. The van der Waals surface area contributed by atoms with Crippen molar-refractivity contribution in [1.82, 2.24) is 10.2 Å². The topological polar surface area (TPSA) is 24.5 Å². The van der Waals surface area contributed by atoms with Crippen LogP contribution < -0.4 is 5.32 Å². The molecule has 0 bridgehead atoms. The molecule has 0 amide bonds. The van der Waals surface area contributed by atoms with Gasteiger partial charge < -0.3 is 15.0 Å². The smallest absolute Gasteiger partial charge is 0.0521 e. The molecule has 2 fully saturated rings. The van der Waals surface area contributed by atoms with Crippen molar-refractivity contribution in [1.29, 1.82) is 0 Å². The Morgan fingerprint density at radius 3 is 2.94 bits per heavy atom. The highest BCUT2D eigenvalue weighted by Crippen LogP contribution is 2.18. The Morgan fingerprint density at radius 2 is 2.19 bits per heavy atom. The lowest BCUT2D eigenvalue weighted by atomic mass is 9.95. The molecule has 2 rings (SSSR count). The Morgan fingerprint density at radius 1 is 1.38 bits per heavy atom. The van der Waals surface area contributed by atoms with Gasteiger partial charge in [-0.25, -0.2) is 0 Å². The third-order valence-electron chi connectivity index (χ3n) is 3.54. The second-order valence-electron chi connectivity index (χ2n) is 4.70. The fourth-order valence-corrected chi connectivity index (χ4v) is 3.60. The summed E-state index contributed by atoms with van der Waals surface area (Å²) in [7, 11) is 0. The molecule has 0 aliphatic carbocycles. The van der Waals surface area contributed by atoms with E-state index in [1.165, 1.54) is 37.6 Å². The van der Waals surface area contributed by atoms with Crippen LogP contribution in [0.4, 0.5) is 0 Å². The normalized spacial score (nSPS) is 32.8. The van der Waals surface area contributed by atoms with Crippen LogP contribution in [0.5, 0.6) is 0 Å². The molecule has 0 aromatic carbocycles. The molecule has 94 valence electrons.